The minimum absolute atomic E-state index is 0.517. The third kappa shape index (κ3) is 3.66. The summed E-state index contributed by atoms with van der Waals surface area (Å²) in [5, 5.41) is 6.63. The number of nitrogens with one attached hydrogen (secondary N) is 1. The molecule has 1 fully saturated rings. The number of nitrogens with zero attached hydrogens (tertiary/aromatic N) is 2. The van der Waals surface area contributed by atoms with Crippen LogP contribution in [0.25, 0.3) is 0 Å². The summed E-state index contributed by atoms with van der Waals surface area (Å²) in [4.78, 5) is 6.98. The number of anilines is 1. The van der Waals surface area contributed by atoms with Crippen molar-refractivity contribution < 1.29 is 0 Å². The van der Waals surface area contributed by atoms with E-state index in [1.54, 1.807) is 11.3 Å². The number of hydrogen-bond acceptors (Lipinski definition) is 4. The van der Waals surface area contributed by atoms with Crippen molar-refractivity contribution in [2.24, 2.45) is 5.92 Å². The molecule has 5 heteroatoms. The molecule has 96 valence electrons. The number of aromatic nitrogens is 1. The zero-order valence-corrected chi connectivity index (χ0v) is 12.9. The monoisotopic (exact) mass is 317 g/mol. The van der Waals surface area contributed by atoms with Crippen molar-refractivity contribution in [3.8, 4) is 0 Å². The Morgan fingerprint density at radius 3 is 2.76 bits per heavy atom. The fourth-order valence-electron chi connectivity index (χ4n) is 2.23. The Morgan fingerprint density at radius 2 is 2.24 bits per heavy atom. The Labute approximate surface area is 116 Å². The second-order valence-electron chi connectivity index (χ2n) is 4.89. The lowest BCUT2D eigenvalue weighted by atomic mass is 9.97. The van der Waals surface area contributed by atoms with Crippen LogP contribution in [0.15, 0.2) is 9.98 Å². The van der Waals surface area contributed by atoms with Crippen LogP contribution in [-0.2, 0) is 0 Å². The van der Waals surface area contributed by atoms with Crippen molar-refractivity contribution in [2.75, 3.05) is 24.5 Å². The maximum atomic E-state index is 4.54. The molecule has 2 rings (SSSR count). The summed E-state index contributed by atoms with van der Waals surface area (Å²) in [6.07, 6.45) is 2.57. The maximum Gasteiger partial charge on any atom is 0.186 e. The van der Waals surface area contributed by atoms with Crippen molar-refractivity contribution in [1.82, 2.24) is 10.3 Å². The highest BCUT2D eigenvalue weighted by Crippen LogP contribution is 2.27. The van der Waals surface area contributed by atoms with Crippen LogP contribution in [0.1, 0.15) is 26.7 Å². The smallest absolute Gasteiger partial charge is 0.186 e. The lowest BCUT2D eigenvalue weighted by molar-refractivity contribution is 0.367. The van der Waals surface area contributed by atoms with Gasteiger partial charge in [-0.2, -0.15) is 0 Å². The summed E-state index contributed by atoms with van der Waals surface area (Å²) >= 11 is 5.16. The van der Waals surface area contributed by atoms with Crippen molar-refractivity contribution in [3.63, 3.8) is 0 Å². The van der Waals surface area contributed by atoms with Gasteiger partial charge in [-0.25, -0.2) is 4.98 Å². The van der Waals surface area contributed by atoms with Crippen LogP contribution in [0.2, 0.25) is 0 Å². The van der Waals surface area contributed by atoms with Crippen LogP contribution in [-0.4, -0.2) is 30.7 Å². The second kappa shape index (κ2) is 6.16. The summed E-state index contributed by atoms with van der Waals surface area (Å²) in [6, 6.07) is 0.517. The number of piperidine rings is 1. The van der Waals surface area contributed by atoms with Gasteiger partial charge in [0.15, 0.2) is 5.13 Å². The van der Waals surface area contributed by atoms with Gasteiger partial charge in [-0.05, 0) is 61.6 Å². The first-order valence-electron chi connectivity index (χ1n) is 6.25. The first-order chi connectivity index (χ1) is 8.16. The van der Waals surface area contributed by atoms with Gasteiger partial charge in [-0.15, -0.1) is 11.3 Å². The molecule has 0 radical (unpaired) electrons. The van der Waals surface area contributed by atoms with E-state index in [2.05, 4.69) is 50.4 Å². The van der Waals surface area contributed by atoms with Gasteiger partial charge >= 0.3 is 0 Å². The average Bonchev–Trinajstić information content (AvgIpc) is 2.73. The van der Waals surface area contributed by atoms with Gasteiger partial charge in [0.05, 0.1) is 0 Å². The first-order valence-corrected chi connectivity index (χ1v) is 7.92. The summed E-state index contributed by atoms with van der Waals surface area (Å²) in [6.45, 7) is 7.96. The summed E-state index contributed by atoms with van der Waals surface area (Å²) in [7, 11) is 0. The SMILES string of the molecule is CC(C)N(CC1CCNCC1)c1nc(Br)cs1. The van der Waals surface area contributed by atoms with Crippen molar-refractivity contribution in [1.29, 1.82) is 0 Å². The van der Waals surface area contributed by atoms with E-state index in [0.717, 1.165) is 35.3 Å². The molecular weight excluding hydrogens is 298 g/mol. The highest BCUT2D eigenvalue weighted by atomic mass is 79.9. The number of hydrogen-bond donors (Lipinski definition) is 1. The molecule has 0 bridgehead atoms. The minimum Gasteiger partial charge on any atom is -0.345 e. The Balaban J connectivity index is 2.01. The zero-order chi connectivity index (χ0) is 12.3. The molecule has 1 saturated heterocycles. The van der Waals surface area contributed by atoms with E-state index < -0.39 is 0 Å². The molecule has 1 aromatic heterocycles. The standard InChI is InChI=1S/C12H20BrN3S/c1-9(2)16(12-15-11(13)8-17-12)7-10-3-5-14-6-4-10/h8-10,14H,3-7H2,1-2H3. The number of rotatable bonds is 4. The Morgan fingerprint density at radius 1 is 1.53 bits per heavy atom. The molecule has 0 aromatic carbocycles. The lowest BCUT2D eigenvalue weighted by Gasteiger charge is -2.32. The third-order valence-corrected chi connectivity index (χ3v) is 4.83. The largest absolute Gasteiger partial charge is 0.345 e. The zero-order valence-electron chi connectivity index (χ0n) is 10.4. The highest BCUT2D eigenvalue weighted by molar-refractivity contribution is 9.10. The molecule has 3 nitrogen and oxygen atoms in total. The normalized spacial score (nSPS) is 17.6. The first kappa shape index (κ1) is 13.3. The Kier molecular flexibility index (Phi) is 4.82. The number of halogens is 1. The van der Waals surface area contributed by atoms with Crippen LogP contribution >= 0.6 is 27.3 Å². The maximum absolute atomic E-state index is 4.54. The van der Waals surface area contributed by atoms with E-state index in [-0.39, 0.29) is 0 Å². The van der Waals surface area contributed by atoms with Crippen LogP contribution in [0.5, 0.6) is 0 Å². The van der Waals surface area contributed by atoms with Crippen LogP contribution < -0.4 is 10.2 Å². The molecule has 0 spiro atoms. The van der Waals surface area contributed by atoms with Crippen molar-refractivity contribution >= 4 is 32.4 Å². The van der Waals surface area contributed by atoms with Gasteiger partial charge in [0.25, 0.3) is 0 Å². The molecule has 0 atom stereocenters. The average molecular weight is 318 g/mol. The van der Waals surface area contributed by atoms with Gasteiger partial charge < -0.3 is 10.2 Å². The van der Waals surface area contributed by atoms with E-state index >= 15 is 0 Å². The predicted octanol–water partition coefficient (Wildman–Crippen LogP) is 3.12. The van der Waals surface area contributed by atoms with Crippen LogP contribution in [0, 0.1) is 5.92 Å². The Hall–Kier alpha value is -0.130. The molecule has 1 aliphatic heterocycles. The topological polar surface area (TPSA) is 28.2 Å². The van der Waals surface area contributed by atoms with Gasteiger partial charge in [0, 0.05) is 18.0 Å². The van der Waals surface area contributed by atoms with E-state index in [0.29, 0.717) is 6.04 Å². The fourth-order valence-corrected chi connectivity index (χ4v) is 3.62. The molecule has 1 aromatic rings. The second-order valence-corrected chi connectivity index (χ2v) is 6.54. The molecule has 2 heterocycles. The summed E-state index contributed by atoms with van der Waals surface area (Å²) < 4.78 is 0.952. The summed E-state index contributed by atoms with van der Waals surface area (Å²) in [5.74, 6) is 0.807. The van der Waals surface area contributed by atoms with E-state index in [1.807, 2.05) is 0 Å². The molecule has 0 saturated carbocycles. The Bertz CT molecular complexity index is 347. The quantitative estimate of drug-likeness (QED) is 0.924. The van der Waals surface area contributed by atoms with Gasteiger partial charge in [-0.1, -0.05) is 0 Å². The lowest BCUT2D eigenvalue weighted by Crippen LogP contribution is -2.39. The number of thiazole rings is 1. The molecule has 17 heavy (non-hydrogen) atoms. The third-order valence-electron chi connectivity index (χ3n) is 3.25. The van der Waals surface area contributed by atoms with E-state index in [1.165, 1.54) is 12.8 Å². The van der Waals surface area contributed by atoms with Gasteiger partial charge in [0.1, 0.15) is 4.60 Å². The molecule has 0 amide bonds. The molecule has 1 N–H and O–H groups in total. The molecule has 0 aliphatic carbocycles. The molecule has 0 unspecified atom stereocenters. The van der Waals surface area contributed by atoms with E-state index in [9.17, 15) is 0 Å². The molecule has 1 aliphatic rings. The van der Waals surface area contributed by atoms with Crippen LogP contribution in [0.3, 0.4) is 0 Å². The van der Waals surface area contributed by atoms with Gasteiger partial charge in [-0.3, -0.25) is 0 Å². The fraction of sp³-hybridized carbons (Fsp3) is 0.750. The molecular formula is C12H20BrN3S. The summed E-state index contributed by atoms with van der Waals surface area (Å²) in [5.41, 5.74) is 0. The van der Waals surface area contributed by atoms with Crippen LogP contribution in [0.4, 0.5) is 5.13 Å². The minimum atomic E-state index is 0.517. The van der Waals surface area contributed by atoms with Crippen molar-refractivity contribution in [2.45, 2.75) is 32.7 Å². The predicted molar refractivity (Wildman–Crippen MR) is 77.9 cm³/mol. The van der Waals surface area contributed by atoms with Gasteiger partial charge in [0.2, 0.25) is 0 Å². The van der Waals surface area contributed by atoms with Crippen molar-refractivity contribution in [3.05, 3.63) is 9.98 Å². The van der Waals surface area contributed by atoms with E-state index in [4.69, 9.17) is 0 Å². The highest BCUT2D eigenvalue weighted by Gasteiger charge is 2.21.